The van der Waals surface area contributed by atoms with Crippen molar-refractivity contribution in [3.8, 4) is 11.3 Å². The Bertz CT molecular complexity index is 987. The topological polar surface area (TPSA) is 155 Å². The van der Waals surface area contributed by atoms with Crippen molar-refractivity contribution in [3.63, 3.8) is 0 Å². The average Bonchev–Trinajstić information content (AvgIpc) is 2.81. The summed E-state index contributed by atoms with van der Waals surface area (Å²) in [6.07, 6.45) is -3.46. The second-order valence-electron chi connectivity index (χ2n) is 8.33. The molecule has 2 amide bonds. The van der Waals surface area contributed by atoms with E-state index in [1.807, 2.05) is 56.3 Å². The van der Waals surface area contributed by atoms with Gasteiger partial charge >= 0.3 is 12.1 Å². The van der Waals surface area contributed by atoms with Crippen molar-refractivity contribution in [2.75, 3.05) is 13.1 Å². The van der Waals surface area contributed by atoms with E-state index < -0.39 is 24.3 Å². The molecular weight excluding hydrogens is 481 g/mol. The van der Waals surface area contributed by atoms with E-state index in [2.05, 4.69) is 15.6 Å². The van der Waals surface area contributed by atoms with Crippen molar-refractivity contribution >= 4 is 17.8 Å². The number of nitrogens with zero attached hydrogens (tertiary/aromatic N) is 1. The number of carboxylic acid groups (broad SMARTS) is 1. The van der Waals surface area contributed by atoms with Crippen molar-refractivity contribution in [1.29, 1.82) is 0 Å². The van der Waals surface area contributed by atoms with Crippen molar-refractivity contribution in [3.05, 3.63) is 54.2 Å². The Morgan fingerprint density at radius 3 is 2.25 bits per heavy atom. The highest BCUT2D eigenvalue weighted by molar-refractivity contribution is 5.81. The minimum atomic E-state index is -5.08. The monoisotopic (exact) mass is 512 g/mol. The predicted octanol–water partition coefficient (Wildman–Crippen LogP) is 1.89. The molecule has 9 nitrogen and oxygen atoms in total. The molecule has 0 saturated carbocycles. The minimum Gasteiger partial charge on any atom is -0.475 e. The Balaban J connectivity index is 0.000000809. The molecule has 0 radical (unpaired) electrons. The van der Waals surface area contributed by atoms with Gasteiger partial charge in [-0.3, -0.25) is 14.6 Å². The second-order valence-corrected chi connectivity index (χ2v) is 8.33. The first-order valence-corrected chi connectivity index (χ1v) is 11.1. The lowest BCUT2D eigenvalue weighted by molar-refractivity contribution is -0.192. The Kier molecular flexibility index (Phi) is 12.5. The molecular formula is C24H31F3N4O5. The molecule has 0 aliphatic heterocycles. The van der Waals surface area contributed by atoms with Gasteiger partial charge in [0.2, 0.25) is 11.8 Å². The highest BCUT2D eigenvalue weighted by Gasteiger charge is 2.38. The van der Waals surface area contributed by atoms with Crippen LogP contribution < -0.4 is 16.4 Å². The van der Waals surface area contributed by atoms with Crippen molar-refractivity contribution < 1.29 is 37.8 Å². The molecule has 0 saturated heterocycles. The Hall–Kier alpha value is -3.51. The number of halogens is 3. The lowest BCUT2D eigenvalue weighted by Gasteiger charge is -2.17. The zero-order chi connectivity index (χ0) is 27.3. The number of aliphatic hydroxyl groups excluding tert-OH is 1. The van der Waals surface area contributed by atoms with Crippen LogP contribution in [0.2, 0.25) is 0 Å². The molecule has 0 fully saturated rings. The van der Waals surface area contributed by atoms with Crippen molar-refractivity contribution in [1.82, 2.24) is 15.6 Å². The first-order valence-electron chi connectivity index (χ1n) is 11.1. The third kappa shape index (κ3) is 12.3. The number of rotatable bonds is 10. The summed E-state index contributed by atoms with van der Waals surface area (Å²) in [5, 5.41) is 22.4. The molecule has 12 heteroatoms. The number of carbonyl (C=O) groups is 3. The number of nitrogens with one attached hydrogen (secondary N) is 2. The number of carbonyl (C=O) groups excluding carboxylic acids is 2. The van der Waals surface area contributed by atoms with Crippen LogP contribution in [0.3, 0.4) is 0 Å². The van der Waals surface area contributed by atoms with Gasteiger partial charge in [-0.15, -0.1) is 0 Å². The Labute approximate surface area is 206 Å². The minimum absolute atomic E-state index is 0.0417. The number of aliphatic hydroxyl groups is 1. The first-order chi connectivity index (χ1) is 16.8. The largest absolute Gasteiger partial charge is 0.490 e. The fourth-order valence-electron chi connectivity index (χ4n) is 2.89. The molecule has 0 aliphatic rings. The number of carboxylic acids is 1. The van der Waals surface area contributed by atoms with E-state index in [1.165, 1.54) is 0 Å². The van der Waals surface area contributed by atoms with Gasteiger partial charge in [0.25, 0.3) is 0 Å². The van der Waals surface area contributed by atoms with E-state index in [0.29, 0.717) is 12.3 Å². The summed E-state index contributed by atoms with van der Waals surface area (Å²) in [6.45, 7) is 4.08. The maximum Gasteiger partial charge on any atom is 0.490 e. The van der Waals surface area contributed by atoms with Gasteiger partial charge in [0, 0.05) is 24.8 Å². The van der Waals surface area contributed by atoms with E-state index in [-0.39, 0.29) is 31.3 Å². The van der Waals surface area contributed by atoms with Crippen LogP contribution >= 0.6 is 0 Å². The quantitative estimate of drug-likeness (QED) is 0.326. The number of hydrogen-bond donors (Lipinski definition) is 5. The maximum absolute atomic E-state index is 12.2. The SMILES string of the molecule is CC(C)C[C@H](N)C(=O)NCC(O)CNC(=O)Cc1cccc(-c2ccccn2)c1.O=C(O)C(F)(F)F. The fourth-order valence-corrected chi connectivity index (χ4v) is 2.89. The van der Waals surface area contributed by atoms with Gasteiger partial charge in [0.1, 0.15) is 0 Å². The molecule has 0 bridgehead atoms. The number of alkyl halides is 3. The van der Waals surface area contributed by atoms with Gasteiger partial charge in [-0.25, -0.2) is 4.79 Å². The normalized spacial score (nSPS) is 12.7. The van der Waals surface area contributed by atoms with Gasteiger partial charge in [0.15, 0.2) is 0 Å². The van der Waals surface area contributed by atoms with E-state index in [9.17, 15) is 27.9 Å². The number of nitrogens with two attached hydrogens (primary N) is 1. The molecule has 2 aromatic rings. The molecule has 36 heavy (non-hydrogen) atoms. The first kappa shape index (κ1) is 30.5. The van der Waals surface area contributed by atoms with Gasteiger partial charge in [-0.05, 0) is 36.1 Å². The summed E-state index contributed by atoms with van der Waals surface area (Å²) < 4.78 is 31.7. The molecule has 1 heterocycles. The highest BCUT2D eigenvalue weighted by atomic mass is 19.4. The highest BCUT2D eigenvalue weighted by Crippen LogP contribution is 2.18. The van der Waals surface area contributed by atoms with E-state index >= 15 is 0 Å². The summed E-state index contributed by atoms with van der Waals surface area (Å²) in [6, 6.07) is 12.7. The van der Waals surface area contributed by atoms with Gasteiger partial charge < -0.3 is 26.6 Å². The van der Waals surface area contributed by atoms with Crippen LogP contribution in [-0.4, -0.2) is 64.4 Å². The van der Waals surface area contributed by atoms with Crippen LogP contribution in [0, 0.1) is 5.92 Å². The summed E-state index contributed by atoms with van der Waals surface area (Å²) in [7, 11) is 0. The van der Waals surface area contributed by atoms with Gasteiger partial charge in [-0.1, -0.05) is 38.1 Å². The van der Waals surface area contributed by atoms with Crippen LogP contribution in [-0.2, 0) is 20.8 Å². The lowest BCUT2D eigenvalue weighted by atomic mass is 10.0. The average molecular weight is 513 g/mol. The maximum atomic E-state index is 12.2. The zero-order valence-electron chi connectivity index (χ0n) is 20.0. The number of pyridine rings is 1. The molecule has 1 unspecified atom stereocenters. The molecule has 0 spiro atoms. The van der Waals surface area contributed by atoms with Crippen LogP contribution in [0.5, 0.6) is 0 Å². The molecule has 198 valence electrons. The van der Waals surface area contributed by atoms with Crippen LogP contribution in [0.1, 0.15) is 25.8 Å². The lowest BCUT2D eigenvalue weighted by Crippen LogP contribution is -2.46. The molecule has 2 rings (SSSR count). The van der Waals surface area contributed by atoms with Crippen molar-refractivity contribution in [2.45, 2.75) is 45.0 Å². The predicted molar refractivity (Wildman–Crippen MR) is 127 cm³/mol. The van der Waals surface area contributed by atoms with E-state index in [1.54, 1.807) is 6.20 Å². The second kappa shape index (κ2) is 14.8. The number of hydrogen-bond acceptors (Lipinski definition) is 6. The van der Waals surface area contributed by atoms with Crippen LogP contribution in [0.4, 0.5) is 13.2 Å². The van der Waals surface area contributed by atoms with Gasteiger partial charge in [0.05, 0.1) is 24.3 Å². The van der Waals surface area contributed by atoms with E-state index in [4.69, 9.17) is 15.6 Å². The number of aliphatic carboxylic acids is 1. The number of amides is 2. The van der Waals surface area contributed by atoms with E-state index in [0.717, 1.165) is 16.8 Å². The third-order valence-corrected chi connectivity index (χ3v) is 4.60. The summed E-state index contributed by atoms with van der Waals surface area (Å²) in [5.74, 6) is -2.94. The molecule has 2 atom stereocenters. The van der Waals surface area contributed by atoms with Crippen molar-refractivity contribution in [2.24, 2.45) is 11.7 Å². The zero-order valence-corrected chi connectivity index (χ0v) is 20.0. The van der Waals surface area contributed by atoms with Crippen LogP contribution in [0.25, 0.3) is 11.3 Å². The standard InChI is InChI=1S/C22H30N4O3.C2HF3O2/c1-15(2)10-19(23)22(29)26-14-18(27)13-25-21(28)12-16-6-5-7-17(11-16)20-8-3-4-9-24-20;3-2(4,5)1(6)7/h3-9,11,15,18-19,27H,10,12-14,23H2,1-2H3,(H,25,28)(H,26,29);(H,6,7)/t18?,19-;/m0./s1. The number of aromatic nitrogens is 1. The molecule has 6 N–H and O–H groups in total. The summed E-state index contributed by atoms with van der Waals surface area (Å²) in [5.41, 5.74) is 8.44. The summed E-state index contributed by atoms with van der Waals surface area (Å²) in [4.78, 5) is 37.3. The Morgan fingerprint density at radius 2 is 1.69 bits per heavy atom. The van der Waals surface area contributed by atoms with Gasteiger partial charge in [-0.2, -0.15) is 13.2 Å². The molecule has 1 aromatic heterocycles. The number of benzene rings is 1. The van der Waals surface area contributed by atoms with Crippen LogP contribution in [0.15, 0.2) is 48.7 Å². The summed E-state index contributed by atoms with van der Waals surface area (Å²) >= 11 is 0. The Morgan fingerprint density at radius 1 is 1.06 bits per heavy atom. The smallest absolute Gasteiger partial charge is 0.475 e. The molecule has 0 aliphatic carbocycles. The molecule has 1 aromatic carbocycles. The fraction of sp³-hybridized carbons (Fsp3) is 0.417. The third-order valence-electron chi connectivity index (χ3n) is 4.60.